The number of carbonyl (C=O) groups is 3. The van der Waals surface area contributed by atoms with Crippen molar-refractivity contribution >= 4 is 28.8 Å². The maximum atomic E-state index is 13.5. The molecule has 4 atom stereocenters. The molecule has 31 heavy (non-hydrogen) atoms. The predicted molar refractivity (Wildman–Crippen MR) is 120 cm³/mol. The van der Waals surface area contributed by atoms with Crippen molar-refractivity contribution in [1.82, 2.24) is 5.32 Å². The molecule has 1 saturated carbocycles. The number of aliphatic hydroxyl groups excluding tert-OH is 1. The van der Waals surface area contributed by atoms with E-state index in [1.165, 1.54) is 14.0 Å². The molecular weight excluding hydrogens is 418 g/mol. The van der Waals surface area contributed by atoms with Crippen molar-refractivity contribution < 1.29 is 29.3 Å². The van der Waals surface area contributed by atoms with Crippen LogP contribution in [0.15, 0.2) is 0 Å². The van der Waals surface area contributed by atoms with Gasteiger partial charge in [-0.15, -0.1) is 0 Å². The van der Waals surface area contributed by atoms with Crippen molar-refractivity contribution in [2.24, 2.45) is 11.8 Å². The lowest BCUT2D eigenvalue weighted by molar-refractivity contribution is -0.145. The Kier molecular flexibility index (Phi) is 9.83. The molecule has 1 saturated heterocycles. The van der Waals surface area contributed by atoms with E-state index in [0.29, 0.717) is 6.42 Å². The van der Waals surface area contributed by atoms with Gasteiger partial charge in [0, 0.05) is 5.75 Å². The summed E-state index contributed by atoms with van der Waals surface area (Å²) in [4.78, 5) is 37.9. The zero-order valence-corrected chi connectivity index (χ0v) is 20.0. The Morgan fingerprint density at radius 1 is 1.23 bits per heavy atom. The van der Waals surface area contributed by atoms with Crippen LogP contribution in [0.2, 0.25) is 0 Å². The maximum absolute atomic E-state index is 13.5. The topological polar surface area (TPSA) is 113 Å². The number of carbonyl (C=O) groups excluding carboxylic acids is 3. The van der Waals surface area contributed by atoms with Gasteiger partial charge in [0.25, 0.3) is 0 Å². The fourth-order valence-electron chi connectivity index (χ4n) is 5.12. The van der Waals surface area contributed by atoms with Gasteiger partial charge in [0.1, 0.15) is 5.60 Å². The van der Waals surface area contributed by atoms with Crippen molar-refractivity contribution in [2.45, 2.75) is 102 Å². The molecule has 0 bridgehead atoms. The number of hydrogen-bond donors (Lipinski definition) is 3. The Bertz CT molecular complexity index is 634. The Labute approximate surface area is 190 Å². The van der Waals surface area contributed by atoms with E-state index >= 15 is 0 Å². The molecule has 0 spiro atoms. The predicted octanol–water partition coefficient (Wildman–Crippen LogP) is 2.96. The fourth-order valence-corrected chi connectivity index (χ4v) is 6.18. The van der Waals surface area contributed by atoms with E-state index in [0.717, 1.165) is 69.5 Å². The van der Waals surface area contributed by atoms with Crippen LogP contribution in [-0.4, -0.2) is 57.3 Å². The molecule has 0 aromatic heterocycles. The van der Waals surface area contributed by atoms with Gasteiger partial charge in [-0.05, 0) is 32.1 Å². The summed E-state index contributed by atoms with van der Waals surface area (Å²) in [6.07, 6.45) is 7.70. The summed E-state index contributed by atoms with van der Waals surface area (Å²) in [6, 6.07) is 0. The number of ether oxygens (including phenoxy) is 1. The highest BCUT2D eigenvalue weighted by Gasteiger charge is 2.68. The Morgan fingerprint density at radius 2 is 1.90 bits per heavy atom. The first-order valence-electron chi connectivity index (χ1n) is 11.7. The number of aliphatic hydroxyl groups is 2. The van der Waals surface area contributed by atoms with Crippen LogP contribution in [0.3, 0.4) is 0 Å². The molecule has 0 radical (unpaired) electrons. The number of methoxy groups -OCH3 is 1. The van der Waals surface area contributed by atoms with E-state index < -0.39 is 34.2 Å². The Morgan fingerprint density at radius 3 is 2.52 bits per heavy atom. The first-order valence-corrected chi connectivity index (χ1v) is 12.7. The zero-order chi connectivity index (χ0) is 23.1. The summed E-state index contributed by atoms with van der Waals surface area (Å²) < 4.78 is 4.63. The lowest BCUT2D eigenvalue weighted by Crippen LogP contribution is -2.69. The first kappa shape index (κ1) is 26.1. The minimum atomic E-state index is -1.78. The standard InChI is InChI=1S/C23H39NO6S/c1-4-5-6-10-13-17-20(27)24-23(22(17,2)29,19(26)16-11-8-7-9-12-16)21(28)31-15-14-18(25)30-3/h16-17,19,26,29H,4-15H2,1-3H3,(H,24,27)/t17-,19-,22-,23-/m0/s1. The SMILES string of the molecule is CCCCCC[C@H]1C(=O)N[C@](C(=O)SCCC(=O)OC)([C@@H](O)C2CCCCC2)[C@@]1(C)O. The lowest BCUT2D eigenvalue weighted by Gasteiger charge is -2.46. The number of hydrogen-bond acceptors (Lipinski definition) is 7. The van der Waals surface area contributed by atoms with Crippen LogP contribution in [0.5, 0.6) is 0 Å². The van der Waals surface area contributed by atoms with Gasteiger partial charge in [0.05, 0.1) is 25.6 Å². The van der Waals surface area contributed by atoms with Crippen molar-refractivity contribution in [3.63, 3.8) is 0 Å². The monoisotopic (exact) mass is 457 g/mol. The highest BCUT2D eigenvalue weighted by atomic mass is 32.2. The van der Waals surface area contributed by atoms with Crippen LogP contribution in [0, 0.1) is 11.8 Å². The molecule has 1 heterocycles. The molecule has 2 fully saturated rings. The van der Waals surface area contributed by atoms with E-state index in [2.05, 4.69) is 17.0 Å². The summed E-state index contributed by atoms with van der Waals surface area (Å²) in [5, 5.41) is 25.4. The molecule has 2 aliphatic rings. The van der Waals surface area contributed by atoms with Gasteiger partial charge in [0.2, 0.25) is 11.0 Å². The van der Waals surface area contributed by atoms with Crippen LogP contribution in [0.4, 0.5) is 0 Å². The smallest absolute Gasteiger partial charge is 0.306 e. The third kappa shape index (κ3) is 5.63. The molecule has 0 aromatic carbocycles. The van der Waals surface area contributed by atoms with Gasteiger partial charge in [-0.1, -0.05) is 63.6 Å². The largest absolute Gasteiger partial charge is 0.469 e. The second-order valence-corrected chi connectivity index (χ2v) is 10.2. The molecule has 1 aliphatic carbocycles. The molecule has 178 valence electrons. The van der Waals surface area contributed by atoms with Gasteiger partial charge in [-0.2, -0.15) is 0 Å². The summed E-state index contributed by atoms with van der Waals surface area (Å²) in [6.45, 7) is 3.62. The van der Waals surface area contributed by atoms with Crippen molar-refractivity contribution in [1.29, 1.82) is 0 Å². The van der Waals surface area contributed by atoms with Crippen LogP contribution >= 0.6 is 11.8 Å². The summed E-state index contributed by atoms with van der Waals surface area (Å²) in [7, 11) is 1.29. The highest BCUT2D eigenvalue weighted by Crippen LogP contribution is 2.47. The second kappa shape index (κ2) is 11.7. The third-order valence-electron chi connectivity index (χ3n) is 7.09. The van der Waals surface area contributed by atoms with E-state index in [9.17, 15) is 24.6 Å². The quantitative estimate of drug-likeness (QED) is 0.323. The summed E-state index contributed by atoms with van der Waals surface area (Å²) >= 11 is 0.872. The number of unbranched alkanes of at least 4 members (excludes halogenated alkanes) is 3. The lowest BCUT2D eigenvalue weighted by atomic mass is 9.67. The van der Waals surface area contributed by atoms with E-state index in [1.54, 1.807) is 0 Å². The summed E-state index contributed by atoms with van der Waals surface area (Å²) in [5.41, 5.74) is -3.50. The van der Waals surface area contributed by atoms with Crippen molar-refractivity contribution in [3.05, 3.63) is 0 Å². The molecule has 7 nitrogen and oxygen atoms in total. The normalized spacial score (nSPS) is 30.1. The van der Waals surface area contributed by atoms with Crippen molar-refractivity contribution in [2.75, 3.05) is 12.9 Å². The summed E-state index contributed by atoms with van der Waals surface area (Å²) in [5.74, 6) is -1.56. The van der Waals surface area contributed by atoms with Crippen LogP contribution in [-0.2, 0) is 19.1 Å². The maximum Gasteiger partial charge on any atom is 0.306 e. The number of rotatable bonds is 11. The average Bonchev–Trinajstić information content (AvgIpc) is 2.96. The minimum Gasteiger partial charge on any atom is -0.469 e. The third-order valence-corrected chi connectivity index (χ3v) is 8.08. The van der Waals surface area contributed by atoms with Crippen LogP contribution < -0.4 is 5.32 Å². The molecule has 8 heteroatoms. The molecule has 0 unspecified atom stereocenters. The Balaban J connectivity index is 2.28. The van der Waals surface area contributed by atoms with E-state index in [-0.39, 0.29) is 24.0 Å². The molecule has 0 aromatic rings. The zero-order valence-electron chi connectivity index (χ0n) is 19.2. The molecule has 3 N–H and O–H groups in total. The van der Waals surface area contributed by atoms with E-state index in [1.807, 2.05) is 0 Å². The second-order valence-electron chi connectivity index (χ2n) is 9.15. The van der Waals surface area contributed by atoms with Gasteiger partial charge in [0.15, 0.2) is 5.54 Å². The highest BCUT2D eigenvalue weighted by molar-refractivity contribution is 8.13. The number of esters is 1. The number of thioether (sulfide) groups is 1. The molecular formula is C23H39NO6S. The van der Waals surface area contributed by atoms with Crippen LogP contribution in [0.1, 0.15) is 84.5 Å². The average molecular weight is 458 g/mol. The minimum absolute atomic E-state index is 0.0407. The van der Waals surface area contributed by atoms with Gasteiger partial charge in [-0.3, -0.25) is 14.4 Å². The first-order chi connectivity index (χ1) is 14.7. The van der Waals surface area contributed by atoms with Crippen LogP contribution in [0.25, 0.3) is 0 Å². The molecule has 1 amide bonds. The van der Waals surface area contributed by atoms with E-state index in [4.69, 9.17) is 0 Å². The fraction of sp³-hybridized carbons (Fsp3) is 0.870. The van der Waals surface area contributed by atoms with Gasteiger partial charge < -0.3 is 20.3 Å². The van der Waals surface area contributed by atoms with Gasteiger partial charge in [-0.25, -0.2) is 0 Å². The molecule has 2 rings (SSSR count). The van der Waals surface area contributed by atoms with Gasteiger partial charge >= 0.3 is 5.97 Å². The number of nitrogens with one attached hydrogen (secondary N) is 1. The van der Waals surface area contributed by atoms with Crippen molar-refractivity contribution in [3.8, 4) is 0 Å². The molecule has 1 aliphatic heterocycles. The number of amides is 1. The Hall–Kier alpha value is -1.12.